The third kappa shape index (κ3) is 1.29. The number of carbonyl (C=O) groups excluding carboxylic acids is 1. The molecule has 2 saturated heterocycles. The predicted octanol–water partition coefficient (Wildman–Crippen LogP) is -0.261. The van der Waals surface area contributed by atoms with Crippen LogP contribution in [0.2, 0.25) is 0 Å². The Morgan fingerprint density at radius 2 is 2.15 bits per heavy atom. The maximum atomic E-state index is 11.3. The Kier molecular flexibility index (Phi) is 1.97. The zero-order chi connectivity index (χ0) is 9.42. The Bertz CT molecular complexity index is 259. The molecule has 2 heterocycles. The molecule has 2 atom stereocenters. The molecule has 0 aromatic carbocycles. The minimum absolute atomic E-state index is 0.0322. The van der Waals surface area contributed by atoms with E-state index in [1.165, 1.54) is 0 Å². The molecule has 0 aromatic rings. The molecule has 3 fully saturated rings. The average molecular weight is 180 g/mol. The van der Waals surface area contributed by atoms with Gasteiger partial charge in [-0.15, -0.1) is 0 Å². The van der Waals surface area contributed by atoms with Crippen molar-refractivity contribution in [3.8, 4) is 6.07 Å². The van der Waals surface area contributed by atoms with Crippen molar-refractivity contribution in [3.05, 3.63) is 0 Å². The lowest BCUT2D eigenvalue weighted by molar-refractivity contribution is -0.149. The molecule has 2 bridgehead atoms. The second-order valence-electron chi connectivity index (χ2n) is 3.88. The highest BCUT2D eigenvalue weighted by Crippen LogP contribution is 2.39. The second-order valence-corrected chi connectivity index (χ2v) is 3.88. The number of nitrogens with zero attached hydrogens (tertiary/aromatic N) is 2. The van der Waals surface area contributed by atoms with Crippen molar-refractivity contribution in [2.24, 2.45) is 11.8 Å². The van der Waals surface area contributed by atoms with Gasteiger partial charge in [0.2, 0.25) is 5.91 Å². The molecule has 1 N–H and O–H groups in total. The van der Waals surface area contributed by atoms with Crippen molar-refractivity contribution >= 4 is 5.91 Å². The number of carbonyl (C=O) groups is 1. The number of aliphatic hydroxyl groups excluding tert-OH is 1. The molecule has 2 unspecified atom stereocenters. The van der Waals surface area contributed by atoms with Gasteiger partial charge in [0.05, 0.1) is 12.2 Å². The number of aliphatic hydroxyl groups is 1. The normalized spacial score (nSPS) is 36.3. The third-order valence-corrected chi connectivity index (χ3v) is 3.06. The first-order valence-electron chi connectivity index (χ1n) is 4.55. The highest BCUT2D eigenvalue weighted by Gasteiger charge is 2.46. The molecule has 0 radical (unpaired) electrons. The van der Waals surface area contributed by atoms with Crippen LogP contribution in [0, 0.1) is 23.2 Å². The molecule has 3 aliphatic rings. The molecular formula is C9H12N2O2. The predicted molar refractivity (Wildman–Crippen MR) is 44.4 cm³/mol. The highest BCUT2D eigenvalue weighted by molar-refractivity contribution is 5.78. The van der Waals surface area contributed by atoms with Gasteiger partial charge >= 0.3 is 0 Å². The first-order valence-corrected chi connectivity index (χ1v) is 4.55. The summed E-state index contributed by atoms with van der Waals surface area (Å²) in [6.45, 7) is 1.27. The summed E-state index contributed by atoms with van der Waals surface area (Å²) in [5, 5.41) is 17.8. The van der Waals surface area contributed by atoms with Gasteiger partial charge in [0.25, 0.3) is 0 Å². The first-order chi connectivity index (χ1) is 6.22. The number of hydrogen-bond acceptors (Lipinski definition) is 3. The summed E-state index contributed by atoms with van der Waals surface area (Å²) in [7, 11) is 0. The van der Waals surface area contributed by atoms with Crippen LogP contribution in [-0.2, 0) is 4.79 Å². The minimum atomic E-state index is -0.203. The van der Waals surface area contributed by atoms with E-state index in [1.807, 2.05) is 6.07 Å². The van der Waals surface area contributed by atoms with E-state index in [0.29, 0.717) is 13.1 Å². The first kappa shape index (κ1) is 8.52. The lowest BCUT2D eigenvalue weighted by Crippen LogP contribution is -2.59. The smallest absolute Gasteiger partial charge is 0.236 e. The number of rotatable bonds is 1. The van der Waals surface area contributed by atoms with Crippen molar-refractivity contribution in [1.82, 2.24) is 4.90 Å². The number of piperidine rings is 2. The summed E-state index contributed by atoms with van der Waals surface area (Å²) in [6, 6.07) is 1.85. The molecule has 13 heavy (non-hydrogen) atoms. The van der Waals surface area contributed by atoms with Gasteiger partial charge in [-0.3, -0.25) is 4.79 Å². The highest BCUT2D eigenvalue weighted by atomic mass is 16.3. The van der Waals surface area contributed by atoms with Gasteiger partial charge in [-0.2, -0.15) is 5.26 Å². The van der Waals surface area contributed by atoms with E-state index in [0.717, 1.165) is 6.42 Å². The van der Waals surface area contributed by atoms with Crippen LogP contribution >= 0.6 is 0 Å². The van der Waals surface area contributed by atoms with Crippen LogP contribution < -0.4 is 0 Å². The molecule has 3 rings (SSSR count). The Labute approximate surface area is 76.8 Å². The van der Waals surface area contributed by atoms with Gasteiger partial charge < -0.3 is 10.0 Å². The number of fused-ring (bicyclic) bond motifs is 2. The lowest BCUT2D eigenvalue weighted by Gasteiger charge is -2.50. The Morgan fingerprint density at radius 1 is 1.54 bits per heavy atom. The summed E-state index contributed by atoms with van der Waals surface area (Å²) in [6.07, 6.45) is 0.804. The largest absolute Gasteiger partial charge is 0.392 e. The van der Waals surface area contributed by atoms with Crippen LogP contribution in [0.3, 0.4) is 0 Å². The van der Waals surface area contributed by atoms with Crippen LogP contribution in [0.15, 0.2) is 0 Å². The summed E-state index contributed by atoms with van der Waals surface area (Å²) in [4.78, 5) is 13.0. The fourth-order valence-electron chi connectivity index (χ4n) is 2.25. The maximum absolute atomic E-state index is 11.3. The Hall–Kier alpha value is -1.08. The van der Waals surface area contributed by atoms with Crippen molar-refractivity contribution in [2.45, 2.75) is 18.9 Å². The monoisotopic (exact) mass is 180 g/mol. The van der Waals surface area contributed by atoms with E-state index in [9.17, 15) is 9.90 Å². The van der Waals surface area contributed by atoms with Crippen LogP contribution in [0.5, 0.6) is 0 Å². The van der Waals surface area contributed by atoms with Gasteiger partial charge in [0.1, 0.15) is 6.42 Å². The zero-order valence-corrected chi connectivity index (χ0v) is 7.31. The minimum Gasteiger partial charge on any atom is -0.392 e. The van der Waals surface area contributed by atoms with E-state index in [4.69, 9.17) is 5.26 Å². The van der Waals surface area contributed by atoms with Crippen molar-refractivity contribution in [1.29, 1.82) is 5.26 Å². The standard InChI is InChI=1S/C9H12N2O2/c10-2-1-8(12)11-4-6-3-7(5-11)9(6)13/h6-7,9,13H,1,3-5H2. The van der Waals surface area contributed by atoms with Gasteiger partial charge in [0.15, 0.2) is 0 Å². The molecule has 1 aliphatic carbocycles. The van der Waals surface area contributed by atoms with E-state index in [2.05, 4.69) is 0 Å². The molecule has 4 heteroatoms. The van der Waals surface area contributed by atoms with Crippen molar-refractivity contribution in [2.75, 3.05) is 13.1 Å². The van der Waals surface area contributed by atoms with Gasteiger partial charge in [-0.05, 0) is 6.42 Å². The Morgan fingerprint density at radius 3 is 2.62 bits per heavy atom. The SMILES string of the molecule is N#CCC(=O)N1CC2CC(C1)C2O. The Balaban J connectivity index is 1.92. The molecule has 4 nitrogen and oxygen atoms in total. The molecule has 1 saturated carbocycles. The quantitative estimate of drug-likeness (QED) is 0.604. The van der Waals surface area contributed by atoms with E-state index < -0.39 is 0 Å². The van der Waals surface area contributed by atoms with Crippen LogP contribution in [0.4, 0.5) is 0 Å². The number of nitriles is 1. The summed E-state index contributed by atoms with van der Waals surface area (Å²) in [5.74, 6) is 0.437. The molecule has 1 amide bonds. The fourth-order valence-corrected chi connectivity index (χ4v) is 2.25. The van der Waals surface area contributed by atoms with Crippen molar-refractivity contribution in [3.63, 3.8) is 0 Å². The van der Waals surface area contributed by atoms with Crippen LogP contribution in [0.25, 0.3) is 0 Å². The molecule has 0 spiro atoms. The van der Waals surface area contributed by atoms with Crippen molar-refractivity contribution < 1.29 is 9.90 Å². The summed E-state index contributed by atoms with van der Waals surface area (Å²) in [5.41, 5.74) is 0. The third-order valence-electron chi connectivity index (χ3n) is 3.06. The summed E-state index contributed by atoms with van der Waals surface area (Å²) >= 11 is 0. The zero-order valence-electron chi connectivity index (χ0n) is 7.31. The van der Waals surface area contributed by atoms with Crippen LogP contribution in [-0.4, -0.2) is 35.1 Å². The van der Waals surface area contributed by atoms with Crippen LogP contribution in [0.1, 0.15) is 12.8 Å². The van der Waals surface area contributed by atoms with Gasteiger partial charge in [0, 0.05) is 24.9 Å². The fraction of sp³-hybridized carbons (Fsp3) is 0.778. The van der Waals surface area contributed by atoms with E-state index >= 15 is 0 Å². The molecule has 2 aliphatic heterocycles. The molecular weight excluding hydrogens is 168 g/mol. The number of amides is 1. The maximum Gasteiger partial charge on any atom is 0.236 e. The topological polar surface area (TPSA) is 64.3 Å². The second kappa shape index (κ2) is 3.00. The van der Waals surface area contributed by atoms with E-state index in [1.54, 1.807) is 4.90 Å². The van der Waals surface area contributed by atoms with Gasteiger partial charge in [-0.1, -0.05) is 0 Å². The molecule has 0 aromatic heterocycles. The van der Waals surface area contributed by atoms with E-state index in [-0.39, 0.29) is 30.3 Å². The summed E-state index contributed by atoms with van der Waals surface area (Å²) < 4.78 is 0. The lowest BCUT2D eigenvalue weighted by atomic mass is 9.68. The number of hydrogen-bond donors (Lipinski definition) is 1. The van der Waals surface area contributed by atoms with Gasteiger partial charge in [-0.25, -0.2) is 0 Å². The average Bonchev–Trinajstić information content (AvgIpc) is 2.17. The molecule has 70 valence electrons.